The largest absolute Gasteiger partial charge is 0.391 e. The Kier molecular flexibility index (Phi) is 6.43. The molecule has 0 aliphatic carbocycles. The van der Waals surface area contributed by atoms with E-state index in [1.165, 1.54) is 17.7 Å². The molecule has 1 aliphatic heterocycles. The number of piperazine rings is 1. The Hall–Kier alpha value is -1.46. The summed E-state index contributed by atoms with van der Waals surface area (Å²) in [4.78, 5) is 4.72. The number of nitrogens with zero attached hydrogens (tertiary/aromatic N) is 2. The summed E-state index contributed by atoms with van der Waals surface area (Å²) in [6.07, 6.45) is 0.138. The Labute approximate surface area is 153 Å². The number of hydrogen-bond donors (Lipinski definition) is 1. The van der Waals surface area contributed by atoms with Gasteiger partial charge in [0.1, 0.15) is 5.82 Å². The molecule has 3 nitrogen and oxygen atoms in total. The third-order valence-corrected chi connectivity index (χ3v) is 4.89. The molecule has 0 unspecified atom stereocenters. The summed E-state index contributed by atoms with van der Waals surface area (Å²) in [5.74, 6) is -0.241. The molecule has 0 amide bonds. The van der Waals surface area contributed by atoms with Gasteiger partial charge in [-0.15, -0.1) is 0 Å². The third kappa shape index (κ3) is 5.79. The van der Waals surface area contributed by atoms with Crippen LogP contribution in [0, 0.1) is 5.82 Å². The summed E-state index contributed by atoms with van der Waals surface area (Å²) < 4.78 is 12.9. The molecule has 25 heavy (non-hydrogen) atoms. The summed E-state index contributed by atoms with van der Waals surface area (Å²) in [7, 11) is 0. The smallest absolute Gasteiger partial charge is 0.123 e. The van der Waals surface area contributed by atoms with Gasteiger partial charge >= 0.3 is 0 Å². The van der Waals surface area contributed by atoms with Crippen LogP contribution in [0.2, 0.25) is 5.02 Å². The normalized spacial score (nSPS) is 17.6. The number of hydrogen-bond acceptors (Lipinski definition) is 3. The molecule has 0 spiro atoms. The first-order chi connectivity index (χ1) is 12.1. The van der Waals surface area contributed by atoms with Crippen LogP contribution in [0.3, 0.4) is 0 Å². The average molecular weight is 363 g/mol. The van der Waals surface area contributed by atoms with Gasteiger partial charge in [-0.25, -0.2) is 4.39 Å². The fraction of sp³-hybridized carbons (Fsp3) is 0.400. The maximum Gasteiger partial charge on any atom is 0.123 e. The molecular weight excluding hydrogens is 339 g/mol. The molecule has 3 rings (SSSR count). The minimum Gasteiger partial charge on any atom is -0.391 e. The molecule has 1 saturated heterocycles. The quantitative estimate of drug-likeness (QED) is 0.854. The van der Waals surface area contributed by atoms with Crippen LogP contribution in [0.1, 0.15) is 11.1 Å². The lowest BCUT2D eigenvalue weighted by Gasteiger charge is -2.35. The van der Waals surface area contributed by atoms with E-state index in [2.05, 4.69) is 21.9 Å². The molecule has 2 aromatic carbocycles. The van der Waals surface area contributed by atoms with Crippen LogP contribution in [-0.4, -0.2) is 53.7 Å². The highest BCUT2D eigenvalue weighted by atomic mass is 35.5. The number of aliphatic hydroxyl groups excluding tert-OH is 1. The third-order valence-electron chi connectivity index (χ3n) is 4.64. The maximum absolute atomic E-state index is 12.9. The fourth-order valence-electron chi connectivity index (χ4n) is 3.23. The Morgan fingerprint density at radius 2 is 1.44 bits per heavy atom. The lowest BCUT2D eigenvalue weighted by atomic mass is 10.1. The summed E-state index contributed by atoms with van der Waals surface area (Å²) in [5.41, 5.74) is 2.24. The SMILES string of the molecule is O[C@H](Cc1ccc(F)cc1)CN1CCN(Cc2ccc(Cl)cc2)CC1. The van der Waals surface area contributed by atoms with Gasteiger partial charge in [-0.1, -0.05) is 35.9 Å². The topological polar surface area (TPSA) is 26.7 Å². The van der Waals surface area contributed by atoms with Crippen molar-refractivity contribution in [3.05, 3.63) is 70.5 Å². The van der Waals surface area contributed by atoms with Crippen LogP contribution in [0.25, 0.3) is 0 Å². The second-order valence-electron chi connectivity index (χ2n) is 6.69. The molecule has 0 aromatic heterocycles. The van der Waals surface area contributed by atoms with Gasteiger partial charge in [0, 0.05) is 44.3 Å². The van der Waals surface area contributed by atoms with Crippen molar-refractivity contribution in [3.8, 4) is 0 Å². The standard InChI is InChI=1S/C20H24ClFN2O/c21-18-5-1-17(2-6-18)14-23-9-11-24(12-10-23)15-20(25)13-16-3-7-19(22)8-4-16/h1-8,20,25H,9-15H2/t20-/m1/s1. The van der Waals surface area contributed by atoms with Crippen molar-refractivity contribution in [2.24, 2.45) is 0 Å². The van der Waals surface area contributed by atoms with Crippen LogP contribution in [0.15, 0.2) is 48.5 Å². The van der Waals surface area contributed by atoms with E-state index in [4.69, 9.17) is 11.6 Å². The minimum absolute atomic E-state index is 0.241. The van der Waals surface area contributed by atoms with Gasteiger partial charge < -0.3 is 5.11 Å². The second-order valence-corrected chi connectivity index (χ2v) is 7.12. The minimum atomic E-state index is -0.423. The summed E-state index contributed by atoms with van der Waals surface area (Å²) in [6.45, 7) is 5.48. The summed E-state index contributed by atoms with van der Waals surface area (Å²) in [6, 6.07) is 14.4. The monoisotopic (exact) mass is 362 g/mol. The second kappa shape index (κ2) is 8.77. The zero-order chi connectivity index (χ0) is 17.6. The fourth-order valence-corrected chi connectivity index (χ4v) is 3.36. The molecular formula is C20H24ClFN2O. The van der Waals surface area contributed by atoms with Crippen molar-refractivity contribution in [1.82, 2.24) is 9.80 Å². The molecule has 0 saturated carbocycles. The number of halogens is 2. The first-order valence-corrected chi connectivity index (χ1v) is 9.08. The van der Waals surface area contributed by atoms with E-state index < -0.39 is 6.10 Å². The predicted octanol–water partition coefficient (Wildman–Crippen LogP) is 3.20. The van der Waals surface area contributed by atoms with Crippen molar-refractivity contribution < 1.29 is 9.50 Å². The Bertz CT molecular complexity index is 654. The first-order valence-electron chi connectivity index (χ1n) is 8.70. The number of β-amino-alcohol motifs (C(OH)–C–C–N with tert-alkyl or cyclic N) is 1. The van der Waals surface area contributed by atoms with E-state index >= 15 is 0 Å². The predicted molar refractivity (Wildman–Crippen MR) is 99.3 cm³/mol. The number of aliphatic hydroxyl groups is 1. The molecule has 1 fully saturated rings. The van der Waals surface area contributed by atoms with Gasteiger partial charge in [0.2, 0.25) is 0 Å². The number of benzene rings is 2. The highest BCUT2D eigenvalue weighted by Gasteiger charge is 2.19. The Morgan fingerprint density at radius 1 is 0.880 bits per heavy atom. The van der Waals surface area contributed by atoms with Crippen molar-refractivity contribution in [3.63, 3.8) is 0 Å². The Morgan fingerprint density at radius 3 is 2.08 bits per heavy atom. The van der Waals surface area contributed by atoms with E-state index in [9.17, 15) is 9.50 Å². The molecule has 2 aromatic rings. The Balaban J connectivity index is 1.41. The summed E-state index contributed by atoms with van der Waals surface area (Å²) >= 11 is 5.93. The molecule has 1 atom stereocenters. The van der Waals surface area contributed by atoms with Crippen LogP contribution in [0.5, 0.6) is 0 Å². The van der Waals surface area contributed by atoms with E-state index in [-0.39, 0.29) is 5.82 Å². The highest BCUT2D eigenvalue weighted by Crippen LogP contribution is 2.13. The van der Waals surface area contributed by atoms with Crippen molar-refractivity contribution in [2.45, 2.75) is 19.1 Å². The van der Waals surface area contributed by atoms with Crippen molar-refractivity contribution >= 4 is 11.6 Å². The van der Waals surface area contributed by atoms with Gasteiger partial charge in [-0.3, -0.25) is 9.80 Å². The van der Waals surface area contributed by atoms with Gasteiger partial charge in [0.05, 0.1) is 6.10 Å². The van der Waals surface area contributed by atoms with Gasteiger partial charge in [-0.2, -0.15) is 0 Å². The van der Waals surface area contributed by atoms with Crippen molar-refractivity contribution in [1.29, 1.82) is 0 Å². The van der Waals surface area contributed by atoms with E-state index in [0.717, 1.165) is 43.3 Å². The van der Waals surface area contributed by atoms with E-state index in [0.29, 0.717) is 13.0 Å². The molecule has 0 radical (unpaired) electrons. The molecule has 1 N–H and O–H groups in total. The molecule has 5 heteroatoms. The first kappa shape index (κ1) is 18.3. The lowest BCUT2D eigenvalue weighted by Crippen LogP contribution is -2.48. The van der Waals surface area contributed by atoms with Crippen molar-refractivity contribution in [2.75, 3.05) is 32.7 Å². The maximum atomic E-state index is 12.9. The zero-order valence-corrected chi connectivity index (χ0v) is 15.0. The van der Waals surface area contributed by atoms with Gasteiger partial charge in [0.25, 0.3) is 0 Å². The molecule has 134 valence electrons. The molecule has 1 aliphatic rings. The van der Waals surface area contributed by atoms with E-state index in [1.54, 1.807) is 12.1 Å². The lowest BCUT2D eigenvalue weighted by molar-refractivity contribution is 0.0704. The van der Waals surface area contributed by atoms with Crippen LogP contribution in [-0.2, 0) is 13.0 Å². The van der Waals surface area contributed by atoms with Gasteiger partial charge in [0.15, 0.2) is 0 Å². The highest BCUT2D eigenvalue weighted by molar-refractivity contribution is 6.30. The van der Waals surface area contributed by atoms with Crippen LogP contribution in [0.4, 0.5) is 4.39 Å². The van der Waals surface area contributed by atoms with E-state index in [1.807, 2.05) is 12.1 Å². The van der Waals surface area contributed by atoms with Crippen LogP contribution >= 0.6 is 11.6 Å². The van der Waals surface area contributed by atoms with Crippen LogP contribution < -0.4 is 0 Å². The molecule has 0 bridgehead atoms. The van der Waals surface area contributed by atoms with Gasteiger partial charge in [-0.05, 0) is 41.8 Å². The average Bonchev–Trinajstić information content (AvgIpc) is 2.61. The number of rotatable bonds is 6. The zero-order valence-electron chi connectivity index (χ0n) is 14.2. The molecule has 1 heterocycles. The summed E-state index contributed by atoms with van der Waals surface area (Å²) in [5, 5.41) is 11.1.